The molecular weight excluding hydrogens is 242 g/mol. The number of carbonyl (C=O) groups is 1. The second kappa shape index (κ2) is 5.61. The van der Waals surface area contributed by atoms with Crippen molar-refractivity contribution in [2.45, 2.75) is 26.7 Å². The lowest BCUT2D eigenvalue weighted by molar-refractivity contribution is 0.0898. The van der Waals surface area contributed by atoms with Crippen LogP contribution >= 0.6 is 0 Å². The van der Waals surface area contributed by atoms with Crippen molar-refractivity contribution in [1.82, 2.24) is 0 Å². The van der Waals surface area contributed by atoms with Crippen molar-refractivity contribution in [3.05, 3.63) is 29.3 Å². The topological polar surface area (TPSA) is 49.8 Å². The number of para-hydroxylation sites is 1. The number of rotatable bonds is 3. The monoisotopic (exact) mass is 263 g/mol. The highest BCUT2D eigenvalue weighted by molar-refractivity contribution is 5.90. The lowest BCUT2D eigenvalue weighted by Crippen LogP contribution is -2.45. The predicted molar refractivity (Wildman–Crippen MR) is 74.5 cm³/mol. The minimum atomic E-state index is -0.319. The van der Waals surface area contributed by atoms with Crippen LogP contribution in [0.25, 0.3) is 0 Å². The third-order valence-electron chi connectivity index (χ3n) is 3.52. The number of hydrogen-bond donors (Lipinski definition) is 1. The average Bonchev–Trinajstić information content (AvgIpc) is 2.39. The van der Waals surface area contributed by atoms with E-state index in [0.717, 1.165) is 16.8 Å². The van der Waals surface area contributed by atoms with Crippen molar-refractivity contribution < 1.29 is 14.6 Å². The fraction of sp³-hybridized carbons (Fsp3) is 0.533. The number of anilines is 1. The molecule has 1 fully saturated rings. The van der Waals surface area contributed by atoms with Gasteiger partial charge < -0.3 is 9.84 Å². The summed E-state index contributed by atoms with van der Waals surface area (Å²) in [6.45, 7) is 7.06. The Labute approximate surface area is 114 Å². The van der Waals surface area contributed by atoms with E-state index >= 15 is 0 Å². The molecule has 1 aromatic rings. The number of aryl methyl sites for hydroxylation is 1. The smallest absolute Gasteiger partial charge is 0.414 e. The summed E-state index contributed by atoms with van der Waals surface area (Å²) in [4.78, 5) is 13.7. The summed E-state index contributed by atoms with van der Waals surface area (Å²) >= 11 is 0. The van der Waals surface area contributed by atoms with Crippen molar-refractivity contribution in [3.63, 3.8) is 0 Å². The fourth-order valence-corrected chi connectivity index (χ4v) is 2.46. The molecule has 1 amide bonds. The first-order valence-electron chi connectivity index (χ1n) is 6.69. The first kappa shape index (κ1) is 13.9. The van der Waals surface area contributed by atoms with Crippen LogP contribution in [-0.4, -0.2) is 31.0 Å². The van der Waals surface area contributed by atoms with Crippen LogP contribution in [0.3, 0.4) is 0 Å². The van der Waals surface area contributed by atoms with E-state index in [0.29, 0.717) is 19.1 Å². The van der Waals surface area contributed by atoms with E-state index < -0.39 is 0 Å². The molecule has 0 bridgehead atoms. The number of nitrogens with zero attached hydrogens (tertiary/aromatic N) is 1. The van der Waals surface area contributed by atoms with Gasteiger partial charge in [0, 0.05) is 12.5 Å². The molecule has 0 radical (unpaired) electrons. The molecule has 1 aromatic carbocycles. The summed E-state index contributed by atoms with van der Waals surface area (Å²) in [6, 6.07) is 6.05. The van der Waals surface area contributed by atoms with Gasteiger partial charge in [0.05, 0.1) is 18.9 Å². The summed E-state index contributed by atoms with van der Waals surface area (Å²) in [5, 5.41) is 9.27. The van der Waals surface area contributed by atoms with Crippen molar-refractivity contribution in [2.24, 2.45) is 5.92 Å². The van der Waals surface area contributed by atoms with Crippen LogP contribution in [0.15, 0.2) is 18.2 Å². The highest BCUT2D eigenvalue weighted by atomic mass is 16.6. The van der Waals surface area contributed by atoms with Crippen molar-refractivity contribution in [2.75, 3.05) is 24.7 Å². The van der Waals surface area contributed by atoms with E-state index in [1.807, 2.05) is 25.1 Å². The minimum absolute atomic E-state index is 0.0164. The molecule has 1 atom stereocenters. The van der Waals surface area contributed by atoms with E-state index in [9.17, 15) is 9.90 Å². The molecule has 4 heteroatoms. The second-order valence-electron chi connectivity index (χ2n) is 5.40. The molecule has 0 aromatic heterocycles. The maximum absolute atomic E-state index is 12.0. The number of aliphatic hydroxyl groups excluding tert-OH is 1. The quantitative estimate of drug-likeness (QED) is 0.912. The van der Waals surface area contributed by atoms with Gasteiger partial charge in [-0.2, -0.15) is 0 Å². The molecule has 4 nitrogen and oxygen atoms in total. The van der Waals surface area contributed by atoms with Gasteiger partial charge in [-0.3, -0.25) is 4.90 Å². The SMILES string of the molecule is Cc1cccc(C(C)C)c1N1CC(CO)COC1=O. The number of amides is 1. The third-order valence-corrected chi connectivity index (χ3v) is 3.52. The first-order valence-corrected chi connectivity index (χ1v) is 6.69. The Morgan fingerprint density at radius 3 is 2.84 bits per heavy atom. The number of hydrogen-bond acceptors (Lipinski definition) is 3. The van der Waals surface area contributed by atoms with Crippen LogP contribution in [0, 0.1) is 12.8 Å². The maximum atomic E-state index is 12.0. The zero-order valence-electron chi connectivity index (χ0n) is 11.7. The van der Waals surface area contributed by atoms with Crippen LogP contribution in [0.2, 0.25) is 0 Å². The maximum Gasteiger partial charge on any atom is 0.414 e. The van der Waals surface area contributed by atoms with Crippen LogP contribution in [0.4, 0.5) is 10.5 Å². The number of ether oxygens (including phenoxy) is 1. The highest BCUT2D eigenvalue weighted by Crippen LogP contribution is 2.33. The standard InChI is InChI=1S/C15H21NO3/c1-10(2)13-6-4-5-11(3)14(13)16-7-12(8-17)9-19-15(16)18/h4-6,10,12,17H,7-9H2,1-3H3. The van der Waals surface area contributed by atoms with E-state index in [-0.39, 0.29) is 18.6 Å². The predicted octanol–water partition coefficient (Wildman–Crippen LogP) is 2.68. The van der Waals surface area contributed by atoms with E-state index in [1.54, 1.807) is 4.90 Å². The summed E-state index contributed by atoms with van der Waals surface area (Å²) in [5.74, 6) is 0.314. The Hall–Kier alpha value is -1.55. The van der Waals surface area contributed by atoms with Crippen LogP contribution < -0.4 is 4.90 Å². The normalized spacial score (nSPS) is 19.7. The summed E-state index contributed by atoms with van der Waals surface area (Å²) in [5.41, 5.74) is 3.12. The zero-order chi connectivity index (χ0) is 14.0. The molecule has 1 saturated heterocycles. The molecule has 0 aliphatic carbocycles. The number of benzene rings is 1. The van der Waals surface area contributed by atoms with E-state index in [1.165, 1.54) is 0 Å². The summed E-state index contributed by atoms with van der Waals surface area (Å²) in [7, 11) is 0. The summed E-state index contributed by atoms with van der Waals surface area (Å²) < 4.78 is 5.17. The number of cyclic esters (lactones) is 1. The van der Waals surface area contributed by atoms with Gasteiger partial charge in [-0.25, -0.2) is 4.79 Å². The van der Waals surface area contributed by atoms with E-state index in [4.69, 9.17) is 4.74 Å². The molecule has 1 aliphatic rings. The largest absolute Gasteiger partial charge is 0.449 e. The molecule has 2 rings (SSSR count). The van der Waals surface area contributed by atoms with Crippen LogP contribution in [0.5, 0.6) is 0 Å². The Morgan fingerprint density at radius 1 is 1.47 bits per heavy atom. The molecule has 0 spiro atoms. The van der Waals surface area contributed by atoms with Gasteiger partial charge in [0.1, 0.15) is 0 Å². The molecule has 1 unspecified atom stereocenters. The minimum Gasteiger partial charge on any atom is -0.449 e. The van der Waals surface area contributed by atoms with Gasteiger partial charge in [-0.05, 0) is 24.0 Å². The van der Waals surface area contributed by atoms with Crippen molar-refractivity contribution in [3.8, 4) is 0 Å². The fourth-order valence-electron chi connectivity index (χ4n) is 2.46. The lowest BCUT2D eigenvalue weighted by atomic mass is 9.96. The third kappa shape index (κ3) is 2.73. The van der Waals surface area contributed by atoms with Crippen LogP contribution in [0.1, 0.15) is 30.9 Å². The van der Waals surface area contributed by atoms with Crippen molar-refractivity contribution >= 4 is 11.8 Å². The molecule has 1 N–H and O–H groups in total. The zero-order valence-corrected chi connectivity index (χ0v) is 11.7. The Kier molecular flexibility index (Phi) is 4.10. The lowest BCUT2D eigenvalue weighted by Gasteiger charge is -2.34. The van der Waals surface area contributed by atoms with Crippen molar-refractivity contribution in [1.29, 1.82) is 0 Å². The van der Waals surface area contributed by atoms with E-state index in [2.05, 4.69) is 13.8 Å². The Balaban J connectivity index is 2.41. The average molecular weight is 263 g/mol. The van der Waals surface area contributed by atoms with Gasteiger partial charge in [-0.1, -0.05) is 32.0 Å². The highest BCUT2D eigenvalue weighted by Gasteiger charge is 2.30. The molecule has 1 aliphatic heterocycles. The Morgan fingerprint density at radius 2 is 2.21 bits per heavy atom. The first-order chi connectivity index (χ1) is 9.04. The molecule has 19 heavy (non-hydrogen) atoms. The van der Waals surface area contributed by atoms with Gasteiger partial charge in [0.15, 0.2) is 0 Å². The Bertz CT molecular complexity index is 470. The van der Waals surface area contributed by atoms with Gasteiger partial charge in [0.2, 0.25) is 0 Å². The van der Waals surface area contributed by atoms with Crippen LogP contribution in [-0.2, 0) is 4.74 Å². The summed E-state index contributed by atoms with van der Waals surface area (Å²) in [6.07, 6.45) is -0.319. The van der Waals surface area contributed by atoms with Gasteiger partial charge in [-0.15, -0.1) is 0 Å². The number of aliphatic hydroxyl groups is 1. The van der Waals surface area contributed by atoms with Gasteiger partial charge >= 0.3 is 6.09 Å². The number of carbonyl (C=O) groups excluding carboxylic acids is 1. The van der Waals surface area contributed by atoms with Gasteiger partial charge in [0.25, 0.3) is 0 Å². The molecule has 0 saturated carbocycles. The molecule has 1 heterocycles. The second-order valence-corrected chi connectivity index (χ2v) is 5.40. The molecular formula is C15H21NO3. The molecule has 104 valence electrons.